The first kappa shape index (κ1) is 10.1. The van der Waals surface area contributed by atoms with Crippen LogP contribution in [-0.2, 0) is 4.84 Å². The van der Waals surface area contributed by atoms with Gasteiger partial charge in [-0.05, 0) is 28.1 Å². The van der Waals surface area contributed by atoms with E-state index >= 15 is 0 Å². The van der Waals surface area contributed by atoms with E-state index in [1.165, 1.54) is 19.2 Å². The summed E-state index contributed by atoms with van der Waals surface area (Å²) in [6, 6.07) is 2.79. The molecule has 0 saturated heterocycles. The zero-order valence-electron chi connectivity index (χ0n) is 6.72. The Labute approximate surface area is 82.3 Å². The van der Waals surface area contributed by atoms with Gasteiger partial charge >= 0.3 is 0 Å². The van der Waals surface area contributed by atoms with Gasteiger partial charge in [-0.25, -0.2) is 8.78 Å². The summed E-state index contributed by atoms with van der Waals surface area (Å²) in [6.45, 7) is 0. The van der Waals surface area contributed by atoms with Crippen LogP contribution >= 0.6 is 15.9 Å². The largest absolute Gasteiger partial charge is 0.399 e. The molecule has 1 aromatic rings. The van der Waals surface area contributed by atoms with E-state index in [-0.39, 0.29) is 10.0 Å². The lowest BCUT2D eigenvalue weighted by Gasteiger charge is -1.99. The van der Waals surface area contributed by atoms with Crippen molar-refractivity contribution in [3.05, 3.63) is 33.8 Å². The fourth-order valence-corrected chi connectivity index (χ4v) is 1.06. The van der Waals surface area contributed by atoms with Gasteiger partial charge in [0, 0.05) is 5.56 Å². The number of hydrogen-bond donors (Lipinski definition) is 0. The summed E-state index contributed by atoms with van der Waals surface area (Å²) in [5.41, 5.74) is 0.0440. The number of nitrogens with zero attached hydrogens (tertiary/aromatic N) is 1. The van der Waals surface area contributed by atoms with E-state index in [1.54, 1.807) is 0 Å². The number of benzene rings is 1. The van der Waals surface area contributed by atoms with Crippen LogP contribution in [-0.4, -0.2) is 13.3 Å². The maximum Gasteiger partial charge on any atom is 0.173 e. The normalized spacial score (nSPS) is 10.8. The van der Waals surface area contributed by atoms with E-state index in [9.17, 15) is 8.78 Å². The number of halogens is 3. The summed E-state index contributed by atoms with van der Waals surface area (Å²) < 4.78 is 26.0. The Morgan fingerprint density at radius 3 is 2.69 bits per heavy atom. The quantitative estimate of drug-likeness (QED) is 0.449. The lowest BCUT2D eigenvalue weighted by atomic mass is 10.2. The minimum Gasteiger partial charge on any atom is -0.399 e. The van der Waals surface area contributed by atoms with E-state index in [0.29, 0.717) is 0 Å². The molecule has 5 heteroatoms. The summed E-state index contributed by atoms with van der Waals surface area (Å²) in [7, 11) is 1.32. The number of rotatable bonds is 2. The van der Waals surface area contributed by atoms with Crippen molar-refractivity contribution < 1.29 is 13.6 Å². The Kier molecular flexibility index (Phi) is 3.36. The average Bonchev–Trinajstić information content (AvgIpc) is 2.13. The van der Waals surface area contributed by atoms with Gasteiger partial charge in [0.05, 0.1) is 10.7 Å². The Morgan fingerprint density at radius 2 is 2.08 bits per heavy atom. The van der Waals surface area contributed by atoms with Crippen LogP contribution in [0.1, 0.15) is 5.56 Å². The predicted octanol–water partition coefficient (Wildman–Crippen LogP) is 2.71. The highest BCUT2D eigenvalue weighted by Crippen LogP contribution is 2.19. The van der Waals surface area contributed by atoms with Crippen LogP contribution in [0, 0.1) is 11.6 Å². The van der Waals surface area contributed by atoms with E-state index in [2.05, 4.69) is 25.9 Å². The third kappa shape index (κ3) is 2.24. The SMILES string of the molecule is CON=Cc1ccc(Br)c(F)c1F. The second-order valence-corrected chi connectivity index (χ2v) is 3.04. The Bertz CT molecular complexity index is 341. The molecule has 70 valence electrons. The molecule has 0 fully saturated rings. The minimum atomic E-state index is -0.949. The molecule has 0 aromatic heterocycles. The van der Waals surface area contributed by atoms with Crippen LogP contribution in [0.3, 0.4) is 0 Å². The second-order valence-electron chi connectivity index (χ2n) is 2.18. The van der Waals surface area contributed by atoms with Crippen LogP contribution < -0.4 is 0 Å². The smallest absolute Gasteiger partial charge is 0.173 e. The van der Waals surface area contributed by atoms with Gasteiger partial charge in [-0.1, -0.05) is 5.16 Å². The lowest BCUT2D eigenvalue weighted by Crippen LogP contribution is -1.94. The fourth-order valence-electron chi connectivity index (χ4n) is 0.750. The highest BCUT2D eigenvalue weighted by molar-refractivity contribution is 9.10. The van der Waals surface area contributed by atoms with Gasteiger partial charge in [-0.15, -0.1) is 0 Å². The second kappa shape index (κ2) is 4.32. The van der Waals surface area contributed by atoms with Crippen molar-refractivity contribution in [2.45, 2.75) is 0 Å². The van der Waals surface area contributed by atoms with Crippen LogP contribution in [0.2, 0.25) is 0 Å². The summed E-state index contributed by atoms with van der Waals surface area (Å²) in [6.07, 6.45) is 1.10. The summed E-state index contributed by atoms with van der Waals surface area (Å²) in [5.74, 6) is -1.88. The fraction of sp³-hybridized carbons (Fsp3) is 0.125. The van der Waals surface area contributed by atoms with Crippen LogP contribution in [0.4, 0.5) is 8.78 Å². The lowest BCUT2D eigenvalue weighted by molar-refractivity contribution is 0.215. The molecule has 13 heavy (non-hydrogen) atoms. The molecule has 2 nitrogen and oxygen atoms in total. The van der Waals surface area contributed by atoms with Gasteiger partial charge in [0.1, 0.15) is 7.11 Å². The monoisotopic (exact) mass is 249 g/mol. The van der Waals surface area contributed by atoms with Crippen molar-refractivity contribution in [2.24, 2.45) is 5.16 Å². The highest BCUT2D eigenvalue weighted by atomic mass is 79.9. The maximum atomic E-state index is 13.0. The summed E-state index contributed by atoms with van der Waals surface area (Å²) >= 11 is 2.86. The van der Waals surface area contributed by atoms with Gasteiger partial charge in [-0.2, -0.15) is 0 Å². The first-order chi connectivity index (χ1) is 6.16. The van der Waals surface area contributed by atoms with Gasteiger partial charge in [0.25, 0.3) is 0 Å². The first-order valence-electron chi connectivity index (χ1n) is 3.37. The predicted molar refractivity (Wildman–Crippen MR) is 48.7 cm³/mol. The molecule has 0 bridgehead atoms. The van der Waals surface area contributed by atoms with Gasteiger partial charge < -0.3 is 4.84 Å². The van der Waals surface area contributed by atoms with Crippen molar-refractivity contribution in [3.8, 4) is 0 Å². The molecule has 1 aromatic carbocycles. The molecule has 0 heterocycles. The Balaban J connectivity index is 3.11. The molecule has 0 spiro atoms. The Hall–Kier alpha value is -0.970. The molecule has 0 N–H and O–H groups in total. The van der Waals surface area contributed by atoms with Crippen molar-refractivity contribution in [1.29, 1.82) is 0 Å². The van der Waals surface area contributed by atoms with E-state index in [0.717, 1.165) is 6.21 Å². The molecule has 0 radical (unpaired) electrons. The molecular weight excluding hydrogens is 244 g/mol. The molecular formula is C8H6BrF2NO. The van der Waals surface area contributed by atoms with Crippen molar-refractivity contribution in [3.63, 3.8) is 0 Å². The first-order valence-corrected chi connectivity index (χ1v) is 4.16. The number of oxime groups is 1. The third-order valence-electron chi connectivity index (χ3n) is 1.36. The minimum absolute atomic E-state index is 0.0440. The van der Waals surface area contributed by atoms with E-state index in [4.69, 9.17) is 0 Å². The molecule has 0 atom stereocenters. The maximum absolute atomic E-state index is 13.0. The Morgan fingerprint density at radius 1 is 1.38 bits per heavy atom. The molecule has 0 unspecified atom stereocenters. The zero-order chi connectivity index (χ0) is 9.84. The molecule has 1 rings (SSSR count). The van der Waals surface area contributed by atoms with Crippen molar-refractivity contribution in [2.75, 3.05) is 7.11 Å². The van der Waals surface area contributed by atoms with Crippen molar-refractivity contribution >= 4 is 22.1 Å². The molecule has 0 aliphatic carbocycles. The molecule has 0 amide bonds. The summed E-state index contributed by atoms with van der Waals surface area (Å²) in [4.78, 5) is 4.34. The zero-order valence-corrected chi connectivity index (χ0v) is 8.31. The average molecular weight is 250 g/mol. The van der Waals surface area contributed by atoms with E-state index < -0.39 is 11.6 Å². The van der Waals surface area contributed by atoms with Crippen LogP contribution in [0.15, 0.2) is 21.8 Å². The van der Waals surface area contributed by atoms with Crippen molar-refractivity contribution in [1.82, 2.24) is 0 Å². The standard InChI is InChI=1S/C8H6BrF2NO/c1-13-12-4-5-2-3-6(9)8(11)7(5)10/h2-4H,1H3. The molecule has 0 aliphatic heterocycles. The van der Waals surface area contributed by atoms with Crippen LogP contribution in [0.25, 0.3) is 0 Å². The summed E-state index contributed by atoms with van der Waals surface area (Å²) in [5, 5.41) is 3.33. The van der Waals surface area contributed by atoms with Gasteiger partial charge in [0.15, 0.2) is 11.6 Å². The van der Waals surface area contributed by atoms with Gasteiger partial charge in [-0.3, -0.25) is 0 Å². The van der Waals surface area contributed by atoms with Gasteiger partial charge in [0.2, 0.25) is 0 Å². The molecule has 0 saturated carbocycles. The third-order valence-corrected chi connectivity index (χ3v) is 1.97. The van der Waals surface area contributed by atoms with Crippen LogP contribution in [0.5, 0.6) is 0 Å². The molecule has 0 aliphatic rings. The topological polar surface area (TPSA) is 21.6 Å². The highest BCUT2D eigenvalue weighted by Gasteiger charge is 2.09. The van der Waals surface area contributed by atoms with E-state index in [1.807, 2.05) is 0 Å². The number of hydrogen-bond acceptors (Lipinski definition) is 2.